The van der Waals surface area contributed by atoms with E-state index in [0.29, 0.717) is 17.9 Å². The van der Waals surface area contributed by atoms with Crippen molar-refractivity contribution in [1.29, 1.82) is 0 Å². The van der Waals surface area contributed by atoms with Crippen LogP contribution in [-0.4, -0.2) is 11.9 Å². The van der Waals surface area contributed by atoms with Crippen molar-refractivity contribution in [3.8, 4) is 11.5 Å². The largest absolute Gasteiger partial charge is 0.427 e. The molecule has 23 heavy (non-hydrogen) atoms. The SMILES string of the molecule is CCC(=O)Oc1ccc(C(C)c2ccc(OC(C)=O)cc2)cc1. The molecule has 0 saturated heterocycles. The summed E-state index contributed by atoms with van der Waals surface area (Å²) in [6.07, 6.45) is 0.354. The third kappa shape index (κ3) is 4.68. The van der Waals surface area contributed by atoms with Gasteiger partial charge in [0, 0.05) is 19.3 Å². The molecule has 0 spiro atoms. The van der Waals surface area contributed by atoms with E-state index in [4.69, 9.17) is 9.47 Å². The molecule has 0 aliphatic carbocycles. The topological polar surface area (TPSA) is 52.6 Å². The number of carbonyl (C=O) groups excluding carboxylic acids is 2. The summed E-state index contributed by atoms with van der Waals surface area (Å²) in [6.45, 7) is 5.23. The Morgan fingerprint density at radius 1 is 0.870 bits per heavy atom. The van der Waals surface area contributed by atoms with Gasteiger partial charge in [0.05, 0.1) is 0 Å². The molecular formula is C19H20O4. The van der Waals surface area contributed by atoms with Gasteiger partial charge in [-0.3, -0.25) is 9.59 Å². The van der Waals surface area contributed by atoms with Crippen molar-refractivity contribution in [3.05, 3.63) is 59.7 Å². The smallest absolute Gasteiger partial charge is 0.310 e. The van der Waals surface area contributed by atoms with Gasteiger partial charge in [0.15, 0.2) is 0 Å². The summed E-state index contributed by atoms with van der Waals surface area (Å²) in [5.74, 6) is 0.695. The fourth-order valence-electron chi connectivity index (χ4n) is 2.21. The molecule has 0 fully saturated rings. The van der Waals surface area contributed by atoms with Gasteiger partial charge in [0.25, 0.3) is 0 Å². The summed E-state index contributed by atoms with van der Waals surface area (Å²) in [5.41, 5.74) is 2.22. The highest BCUT2D eigenvalue weighted by Gasteiger charge is 2.10. The highest BCUT2D eigenvalue weighted by molar-refractivity contribution is 5.72. The fraction of sp³-hybridized carbons (Fsp3) is 0.263. The third-order valence-electron chi connectivity index (χ3n) is 3.54. The van der Waals surface area contributed by atoms with Crippen LogP contribution in [0.1, 0.15) is 44.2 Å². The molecule has 0 aliphatic rings. The van der Waals surface area contributed by atoms with Crippen molar-refractivity contribution in [2.24, 2.45) is 0 Å². The Labute approximate surface area is 136 Å². The molecule has 0 aromatic heterocycles. The summed E-state index contributed by atoms with van der Waals surface area (Å²) in [4.78, 5) is 22.2. The monoisotopic (exact) mass is 312 g/mol. The lowest BCUT2D eigenvalue weighted by Gasteiger charge is -2.13. The number of esters is 2. The van der Waals surface area contributed by atoms with Crippen molar-refractivity contribution in [2.45, 2.75) is 33.1 Å². The second kappa shape index (κ2) is 7.58. The van der Waals surface area contributed by atoms with E-state index in [9.17, 15) is 9.59 Å². The second-order valence-electron chi connectivity index (χ2n) is 5.28. The van der Waals surface area contributed by atoms with Crippen LogP contribution in [-0.2, 0) is 9.59 Å². The van der Waals surface area contributed by atoms with Crippen LogP contribution in [0.2, 0.25) is 0 Å². The highest BCUT2D eigenvalue weighted by atomic mass is 16.5. The van der Waals surface area contributed by atoms with Crippen LogP contribution in [0.3, 0.4) is 0 Å². The van der Waals surface area contributed by atoms with E-state index in [1.807, 2.05) is 24.3 Å². The molecule has 0 bridgehead atoms. The van der Waals surface area contributed by atoms with E-state index in [0.717, 1.165) is 11.1 Å². The van der Waals surface area contributed by atoms with Gasteiger partial charge in [-0.15, -0.1) is 0 Å². The van der Waals surface area contributed by atoms with Crippen LogP contribution in [0.25, 0.3) is 0 Å². The number of carbonyl (C=O) groups is 2. The molecule has 2 rings (SSSR count). The van der Waals surface area contributed by atoms with E-state index in [1.54, 1.807) is 31.2 Å². The Hall–Kier alpha value is -2.62. The fourth-order valence-corrected chi connectivity index (χ4v) is 2.21. The second-order valence-corrected chi connectivity index (χ2v) is 5.28. The maximum absolute atomic E-state index is 11.3. The van der Waals surface area contributed by atoms with Crippen molar-refractivity contribution in [3.63, 3.8) is 0 Å². The maximum atomic E-state index is 11.3. The molecular weight excluding hydrogens is 292 g/mol. The lowest BCUT2D eigenvalue weighted by Crippen LogP contribution is -2.05. The molecule has 4 nitrogen and oxygen atoms in total. The van der Waals surface area contributed by atoms with Gasteiger partial charge in [0.2, 0.25) is 0 Å². The van der Waals surface area contributed by atoms with Crippen LogP contribution in [0, 0.1) is 0 Å². The van der Waals surface area contributed by atoms with Gasteiger partial charge in [-0.2, -0.15) is 0 Å². The average molecular weight is 312 g/mol. The summed E-state index contributed by atoms with van der Waals surface area (Å²) >= 11 is 0. The Balaban J connectivity index is 2.08. The van der Waals surface area contributed by atoms with Crippen LogP contribution in [0.4, 0.5) is 0 Å². The Kier molecular flexibility index (Phi) is 5.52. The van der Waals surface area contributed by atoms with E-state index >= 15 is 0 Å². The zero-order valence-electron chi connectivity index (χ0n) is 13.5. The van der Waals surface area contributed by atoms with Crippen molar-refractivity contribution in [2.75, 3.05) is 0 Å². The van der Waals surface area contributed by atoms with E-state index < -0.39 is 0 Å². The molecule has 0 radical (unpaired) electrons. The zero-order valence-corrected chi connectivity index (χ0v) is 13.5. The Morgan fingerprint density at radius 2 is 1.30 bits per heavy atom. The molecule has 0 N–H and O–H groups in total. The standard InChI is InChI=1S/C19H20O4/c1-4-19(21)23-18-11-7-16(8-12-18)13(2)15-5-9-17(10-6-15)22-14(3)20/h5-13H,4H2,1-3H3. The van der Waals surface area contributed by atoms with Gasteiger partial charge < -0.3 is 9.47 Å². The molecule has 0 heterocycles. The minimum atomic E-state index is -0.331. The van der Waals surface area contributed by atoms with Crippen molar-refractivity contribution >= 4 is 11.9 Å². The van der Waals surface area contributed by atoms with Gasteiger partial charge in [-0.25, -0.2) is 0 Å². The lowest BCUT2D eigenvalue weighted by molar-refractivity contribution is -0.134. The number of hydrogen-bond donors (Lipinski definition) is 0. The third-order valence-corrected chi connectivity index (χ3v) is 3.54. The normalized spacial score (nSPS) is 11.6. The number of rotatable bonds is 5. The van der Waals surface area contributed by atoms with Crippen LogP contribution in [0.15, 0.2) is 48.5 Å². The quantitative estimate of drug-likeness (QED) is 0.616. The Bertz CT molecular complexity index is 672. The number of benzene rings is 2. The molecule has 0 aliphatic heterocycles. The van der Waals surface area contributed by atoms with Crippen molar-refractivity contribution in [1.82, 2.24) is 0 Å². The molecule has 0 saturated carbocycles. The molecule has 1 unspecified atom stereocenters. The maximum Gasteiger partial charge on any atom is 0.310 e. The van der Waals surface area contributed by atoms with Gasteiger partial charge in [-0.05, 0) is 35.4 Å². The van der Waals surface area contributed by atoms with Crippen LogP contribution >= 0.6 is 0 Å². The predicted molar refractivity (Wildman–Crippen MR) is 87.6 cm³/mol. The molecule has 120 valence electrons. The average Bonchev–Trinajstić information content (AvgIpc) is 2.55. The van der Waals surface area contributed by atoms with Crippen LogP contribution in [0.5, 0.6) is 11.5 Å². The van der Waals surface area contributed by atoms with Crippen LogP contribution < -0.4 is 9.47 Å². The molecule has 4 heteroatoms. The first-order valence-electron chi connectivity index (χ1n) is 7.58. The summed E-state index contributed by atoms with van der Waals surface area (Å²) in [6, 6.07) is 14.9. The van der Waals surface area contributed by atoms with Gasteiger partial charge in [0.1, 0.15) is 11.5 Å². The first-order valence-corrected chi connectivity index (χ1v) is 7.58. The lowest BCUT2D eigenvalue weighted by atomic mass is 9.93. The minimum absolute atomic E-state index is 0.178. The highest BCUT2D eigenvalue weighted by Crippen LogP contribution is 2.27. The molecule has 0 amide bonds. The predicted octanol–water partition coefficient (Wildman–Crippen LogP) is 4.08. The molecule has 2 aromatic carbocycles. The summed E-state index contributed by atoms with van der Waals surface area (Å²) in [7, 11) is 0. The Morgan fingerprint density at radius 3 is 1.70 bits per heavy atom. The first-order chi connectivity index (χ1) is 11.0. The van der Waals surface area contributed by atoms with Crippen molar-refractivity contribution < 1.29 is 19.1 Å². The van der Waals surface area contributed by atoms with Gasteiger partial charge in [-0.1, -0.05) is 38.1 Å². The van der Waals surface area contributed by atoms with E-state index in [1.165, 1.54) is 6.92 Å². The van der Waals surface area contributed by atoms with E-state index in [-0.39, 0.29) is 17.9 Å². The molecule has 1 atom stereocenters. The first kappa shape index (κ1) is 16.7. The number of ether oxygens (including phenoxy) is 2. The number of hydrogen-bond acceptors (Lipinski definition) is 4. The molecule has 2 aromatic rings. The summed E-state index contributed by atoms with van der Waals surface area (Å²) < 4.78 is 10.2. The summed E-state index contributed by atoms with van der Waals surface area (Å²) in [5, 5.41) is 0. The zero-order chi connectivity index (χ0) is 16.8. The van der Waals surface area contributed by atoms with Gasteiger partial charge >= 0.3 is 11.9 Å². The minimum Gasteiger partial charge on any atom is -0.427 e. The van der Waals surface area contributed by atoms with E-state index in [2.05, 4.69) is 6.92 Å².